The third kappa shape index (κ3) is 5.62. The molecule has 0 spiro atoms. The molecule has 0 bridgehead atoms. The second-order valence-corrected chi connectivity index (χ2v) is 5.44. The Morgan fingerprint density at radius 3 is 2.19 bits per heavy atom. The number of aryl methyl sites for hydroxylation is 1. The normalized spacial score (nSPS) is 10.9. The first kappa shape index (κ1) is 17.9. The molecule has 1 aromatic heterocycles. The number of hydrogen-bond acceptors (Lipinski definition) is 4. The quantitative estimate of drug-likeness (QED) is 0.630. The van der Waals surface area contributed by atoms with E-state index in [1.165, 1.54) is 37.7 Å². The number of aromatic nitrogens is 2. The molecule has 4 heteroatoms. The van der Waals surface area contributed by atoms with Crippen molar-refractivity contribution in [2.45, 2.75) is 78.7 Å². The molecule has 0 aliphatic rings. The van der Waals surface area contributed by atoms with Gasteiger partial charge in [-0.05, 0) is 24.8 Å². The van der Waals surface area contributed by atoms with E-state index in [2.05, 4.69) is 31.0 Å². The highest BCUT2D eigenvalue weighted by Crippen LogP contribution is 2.22. The predicted octanol–water partition coefficient (Wildman–Crippen LogP) is 3.80. The summed E-state index contributed by atoms with van der Waals surface area (Å²) in [5, 5.41) is 8.51. The Labute approximate surface area is 129 Å². The van der Waals surface area contributed by atoms with Crippen molar-refractivity contribution in [3.05, 3.63) is 16.8 Å². The summed E-state index contributed by atoms with van der Waals surface area (Å²) in [6.45, 7) is 7.65. The summed E-state index contributed by atoms with van der Waals surface area (Å²) >= 11 is 0. The Morgan fingerprint density at radius 2 is 1.57 bits per heavy atom. The van der Waals surface area contributed by atoms with E-state index in [9.17, 15) is 0 Å². The van der Waals surface area contributed by atoms with Crippen molar-refractivity contribution in [2.75, 3.05) is 6.61 Å². The molecule has 1 aromatic rings. The largest absolute Gasteiger partial charge is 0.476 e. The fraction of sp³-hybridized carbons (Fsp3) is 0.765. The van der Waals surface area contributed by atoms with Crippen LogP contribution in [-0.4, -0.2) is 16.8 Å². The SMILES string of the molecule is CCCCCCCCOc1nnc(CC)c(CC)c1CN. The Hall–Kier alpha value is -1.16. The van der Waals surface area contributed by atoms with E-state index in [0.717, 1.165) is 30.5 Å². The maximum Gasteiger partial charge on any atom is 0.238 e. The van der Waals surface area contributed by atoms with Gasteiger partial charge in [-0.1, -0.05) is 52.9 Å². The third-order valence-corrected chi connectivity index (χ3v) is 3.86. The molecule has 0 amide bonds. The van der Waals surface area contributed by atoms with Crippen molar-refractivity contribution in [1.82, 2.24) is 10.2 Å². The third-order valence-electron chi connectivity index (χ3n) is 3.86. The minimum Gasteiger partial charge on any atom is -0.476 e. The van der Waals surface area contributed by atoms with Gasteiger partial charge in [0, 0.05) is 12.1 Å². The molecule has 1 rings (SSSR count). The molecule has 0 saturated heterocycles. The number of rotatable bonds is 11. The van der Waals surface area contributed by atoms with Gasteiger partial charge in [0.2, 0.25) is 5.88 Å². The monoisotopic (exact) mass is 293 g/mol. The molecule has 21 heavy (non-hydrogen) atoms. The first-order valence-electron chi connectivity index (χ1n) is 8.48. The van der Waals surface area contributed by atoms with Crippen molar-refractivity contribution < 1.29 is 4.74 Å². The van der Waals surface area contributed by atoms with Crippen LogP contribution in [0.5, 0.6) is 5.88 Å². The second kappa shape index (κ2) is 10.6. The zero-order valence-corrected chi connectivity index (χ0v) is 14.0. The van der Waals surface area contributed by atoms with Crippen LogP contribution in [-0.2, 0) is 19.4 Å². The Morgan fingerprint density at radius 1 is 0.857 bits per heavy atom. The molecule has 120 valence electrons. The molecule has 1 heterocycles. The maximum atomic E-state index is 5.89. The number of nitrogens with two attached hydrogens (primary N) is 1. The van der Waals surface area contributed by atoms with Gasteiger partial charge in [0.1, 0.15) is 0 Å². The maximum absolute atomic E-state index is 5.89. The number of ether oxygens (including phenoxy) is 1. The van der Waals surface area contributed by atoms with Gasteiger partial charge >= 0.3 is 0 Å². The molecule has 0 fully saturated rings. The first-order valence-corrected chi connectivity index (χ1v) is 8.48. The highest BCUT2D eigenvalue weighted by molar-refractivity contribution is 5.36. The van der Waals surface area contributed by atoms with Crippen LogP contribution in [0.4, 0.5) is 0 Å². The Kier molecular flexibility index (Phi) is 8.99. The van der Waals surface area contributed by atoms with E-state index >= 15 is 0 Å². The van der Waals surface area contributed by atoms with E-state index in [1.54, 1.807) is 0 Å². The number of hydrogen-bond donors (Lipinski definition) is 1. The van der Waals surface area contributed by atoms with Crippen LogP contribution in [0, 0.1) is 0 Å². The van der Waals surface area contributed by atoms with Gasteiger partial charge in [-0.15, -0.1) is 5.10 Å². The molecule has 2 N–H and O–H groups in total. The molecule has 0 saturated carbocycles. The summed E-state index contributed by atoms with van der Waals surface area (Å²) < 4.78 is 5.82. The van der Waals surface area contributed by atoms with Crippen molar-refractivity contribution >= 4 is 0 Å². The molecule has 4 nitrogen and oxygen atoms in total. The number of nitrogens with zero attached hydrogens (tertiary/aromatic N) is 2. The van der Waals surface area contributed by atoms with E-state index < -0.39 is 0 Å². The fourth-order valence-electron chi connectivity index (χ4n) is 2.61. The van der Waals surface area contributed by atoms with Crippen molar-refractivity contribution in [3.8, 4) is 5.88 Å². The lowest BCUT2D eigenvalue weighted by atomic mass is 10.0. The fourth-order valence-corrected chi connectivity index (χ4v) is 2.61. The van der Waals surface area contributed by atoms with Crippen molar-refractivity contribution in [1.29, 1.82) is 0 Å². The van der Waals surface area contributed by atoms with Crippen LogP contribution in [0.3, 0.4) is 0 Å². The molecule has 0 aromatic carbocycles. The zero-order chi connectivity index (χ0) is 15.5. The topological polar surface area (TPSA) is 61.0 Å². The molecular weight excluding hydrogens is 262 g/mol. The highest BCUT2D eigenvalue weighted by Gasteiger charge is 2.14. The summed E-state index contributed by atoms with van der Waals surface area (Å²) in [5.74, 6) is 0.639. The lowest BCUT2D eigenvalue weighted by Crippen LogP contribution is -2.12. The molecule has 0 radical (unpaired) electrons. The van der Waals surface area contributed by atoms with Gasteiger partial charge in [-0.25, -0.2) is 0 Å². The average Bonchev–Trinajstić information content (AvgIpc) is 2.52. The van der Waals surface area contributed by atoms with Crippen molar-refractivity contribution in [3.63, 3.8) is 0 Å². The summed E-state index contributed by atoms with van der Waals surface area (Å²) in [5.41, 5.74) is 9.19. The summed E-state index contributed by atoms with van der Waals surface area (Å²) in [6, 6.07) is 0. The molecule has 0 aliphatic heterocycles. The molecule has 0 aliphatic carbocycles. The van der Waals surface area contributed by atoms with Crippen molar-refractivity contribution in [2.24, 2.45) is 5.73 Å². The van der Waals surface area contributed by atoms with Gasteiger partial charge in [0.15, 0.2) is 0 Å². The van der Waals surface area contributed by atoms with Gasteiger partial charge in [-0.3, -0.25) is 0 Å². The minimum absolute atomic E-state index is 0.470. The Bertz CT molecular complexity index is 407. The summed E-state index contributed by atoms with van der Waals surface area (Å²) in [7, 11) is 0. The second-order valence-electron chi connectivity index (χ2n) is 5.44. The van der Waals surface area contributed by atoms with Crippen LogP contribution in [0.25, 0.3) is 0 Å². The minimum atomic E-state index is 0.470. The van der Waals surface area contributed by atoms with Gasteiger partial charge in [0.05, 0.1) is 12.3 Å². The molecular formula is C17H31N3O. The van der Waals surface area contributed by atoms with Gasteiger partial charge in [0.25, 0.3) is 0 Å². The van der Waals surface area contributed by atoms with Crippen LogP contribution in [0.1, 0.15) is 76.1 Å². The highest BCUT2D eigenvalue weighted by atomic mass is 16.5. The first-order chi connectivity index (χ1) is 10.3. The van der Waals surface area contributed by atoms with E-state index in [-0.39, 0.29) is 0 Å². The molecule has 0 atom stereocenters. The van der Waals surface area contributed by atoms with Crippen LogP contribution in [0.15, 0.2) is 0 Å². The smallest absolute Gasteiger partial charge is 0.238 e. The molecule has 0 unspecified atom stereocenters. The lowest BCUT2D eigenvalue weighted by molar-refractivity contribution is 0.285. The van der Waals surface area contributed by atoms with E-state index in [4.69, 9.17) is 10.5 Å². The predicted molar refractivity (Wildman–Crippen MR) is 87.6 cm³/mol. The van der Waals surface area contributed by atoms with E-state index in [0.29, 0.717) is 19.0 Å². The zero-order valence-electron chi connectivity index (χ0n) is 14.0. The van der Waals surface area contributed by atoms with Gasteiger partial charge < -0.3 is 10.5 Å². The van der Waals surface area contributed by atoms with Crippen LogP contribution < -0.4 is 10.5 Å². The standard InChI is InChI=1S/C17H31N3O/c1-4-7-8-9-10-11-12-21-17-15(13-18)14(5-2)16(6-3)19-20-17/h4-13,18H2,1-3H3. The average molecular weight is 293 g/mol. The van der Waals surface area contributed by atoms with Crippen LogP contribution in [0.2, 0.25) is 0 Å². The van der Waals surface area contributed by atoms with E-state index in [1.807, 2.05) is 0 Å². The lowest BCUT2D eigenvalue weighted by Gasteiger charge is -2.14. The van der Waals surface area contributed by atoms with Gasteiger partial charge in [-0.2, -0.15) is 5.10 Å². The Balaban J connectivity index is 2.51. The number of unbranched alkanes of at least 4 members (excludes halogenated alkanes) is 5. The summed E-state index contributed by atoms with van der Waals surface area (Å²) in [4.78, 5) is 0. The van der Waals surface area contributed by atoms with Crippen LogP contribution >= 0.6 is 0 Å². The summed E-state index contributed by atoms with van der Waals surface area (Å²) in [6.07, 6.45) is 9.36.